The molecule has 0 aromatic rings. The molecule has 52 valence electrons. The summed E-state index contributed by atoms with van der Waals surface area (Å²) in [5, 5.41) is 18.0. The van der Waals surface area contributed by atoms with Crippen LogP contribution in [-0.4, -0.2) is 35.2 Å². The summed E-state index contributed by atoms with van der Waals surface area (Å²) in [6.45, 7) is -0.504. The number of amides is 1. The molecule has 0 saturated heterocycles. The van der Waals surface area contributed by atoms with Crippen LogP contribution in [0.25, 0.3) is 0 Å². The van der Waals surface area contributed by atoms with Crippen molar-refractivity contribution >= 4 is 12.4 Å². The number of aliphatic hydroxyl groups is 1. The fourth-order valence-corrected chi connectivity index (χ4v) is 0.281. The second-order valence-electron chi connectivity index (χ2n) is 1.37. The highest BCUT2D eigenvalue weighted by molar-refractivity contribution is 5.71. The Morgan fingerprint density at radius 1 is 1.78 bits per heavy atom. The first-order chi connectivity index (χ1) is 4.20. The van der Waals surface area contributed by atoms with E-state index < -0.39 is 18.7 Å². The molecule has 0 aliphatic carbocycles. The molecule has 5 nitrogen and oxygen atoms in total. The van der Waals surface area contributed by atoms with Crippen LogP contribution in [0.15, 0.2) is 0 Å². The first kappa shape index (κ1) is 7.90. The van der Waals surface area contributed by atoms with Gasteiger partial charge in [-0.05, 0) is 0 Å². The fourth-order valence-electron chi connectivity index (χ4n) is 0.281. The van der Waals surface area contributed by atoms with Crippen molar-refractivity contribution in [1.82, 2.24) is 5.32 Å². The minimum absolute atomic E-state index is 0.328. The Morgan fingerprint density at radius 3 is 2.44 bits per heavy atom. The van der Waals surface area contributed by atoms with Gasteiger partial charge in [-0.3, -0.25) is 0 Å². The molecule has 0 spiro atoms. The summed E-state index contributed by atoms with van der Waals surface area (Å²) < 4.78 is 0. The SMILES string of the molecule is O=CC(CO)NC(=O)O. The summed E-state index contributed by atoms with van der Waals surface area (Å²) in [7, 11) is 0. The summed E-state index contributed by atoms with van der Waals surface area (Å²) in [6, 6.07) is -0.998. The summed E-state index contributed by atoms with van der Waals surface area (Å²) >= 11 is 0. The molecule has 1 atom stereocenters. The zero-order valence-corrected chi connectivity index (χ0v) is 4.57. The van der Waals surface area contributed by atoms with Gasteiger partial charge in [0.15, 0.2) is 0 Å². The lowest BCUT2D eigenvalue weighted by Gasteiger charge is -2.03. The number of carboxylic acid groups (broad SMARTS) is 1. The molecule has 0 bridgehead atoms. The van der Waals surface area contributed by atoms with Crippen LogP contribution >= 0.6 is 0 Å². The number of carbonyl (C=O) groups is 2. The van der Waals surface area contributed by atoms with E-state index in [1.54, 1.807) is 5.32 Å². The lowest BCUT2D eigenvalue weighted by molar-refractivity contribution is -0.110. The molecule has 0 saturated carbocycles. The minimum Gasteiger partial charge on any atom is -0.465 e. The van der Waals surface area contributed by atoms with E-state index in [0.29, 0.717) is 6.29 Å². The van der Waals surface area contributed by atoms with Gasteiger partial charge in [-0.2, -0.15) is 0 Å². The van der Waals surface area contributed by atoms with E-state index >= 15 is 0 Å². The van der Waals surface area contributed by atoms with Crippen molar-refractivity contribution < 1.29 is 19.8 Å². The Balaban J connectivity index is 3.55. The van der Waals surface area contributed by atoms with Crippen molar-refractivity contribution in [3.8, 4) is 0 Å². The third kappa shape index (κ3) is 3.48. The first-order valence-electron chi connectivity index (χ1n) is 2.26. The molecule has 0 rings (SSSR count). The molecule has 0 aliphatic heterocycles. The van der Waals surface area contributed by atoms with Crippen molar-refractivity contribution in [3.05, 3.63) is 0 Å². The third-order valence-electron chi connectivity index (χ3n) is 0.670. The van der Waals surface area contributed by atoms with Crippen LogP contribution in [0.1, 0.15) is 0 Å². The van der Waals surface area contributed by atoms with E-state index in [-0.39, 0.29) is 0 Å². The number of hydrogen-bond donors (Lipinski definition) is 3. The van der Waals surface area contributed by atoms with E-state index in [0.717, 1.165) is 0 Å². The summed E-state index contributed by atoms with van der Waals surface area (Å²) in [6.07, 6.45) is -0.991. The molecule has 0 aromatic carbocycles. The molecule has 3 N–H and O–H groups in total. The normalized spacial score (nSPS) is 12.1. The van der Waals surface area contributed by atoms with Gasteiger partial charge >= 0.3 is 6.09 Å². The quantitative estimate of drug-likeness (QED) is 0.422. The van der Waals surface area contributed by atoms with Crippen molar-refractivity contribution in [1.29, 1.82) is 0 Å². The van der Waals surface area contributed by atoms with Crippen molar-refractivity contribution in [3.63, 3.8) is 0 Å². The number of carbonyl (C=O) groups excluding carboxylic acids is 1. The number of nitrogens with one attached hydrogen (secondary N) is 1. The van der Waals surface area contributed by atoms with E-state index in [4.69, 9.17) is 10.2 Å². The number of hydrogen-bond acceptors (Lipinski definition) is 3. The standard InChI is InChI=1S/C4H7NO4/c6-1-3(2-7)5-4(8)9/h1,3,5,7H,2H2,(H,8,9). The zero-order chi connectivity index (χ0) is 7.28. The molecule has 9 heavy (non-hydrogen) atoms. The average Bonchev–Trinajstić information content (AvgIpc) is 1.82. The maximum atomic E-state index is 9.79. The lowest BCUT2D eigenvalue weighted by atomic mass is 10.4. The summed E-state index contributed by atoms with van der Waals surface area (Å²) in [4.78, 5) is 19.5. The average molecular weight is 133 g/mol. The number of aliphatic hydroxyl groups excluding tert-OH is 1. The van der Waals surface area contributed by atoms with Gasteiger partial charge in [-0.1, -0.05) is 0 Å². The predicted molar refractivity (Wildman–Crippen MR) is 28.1 cm³/mol. The summed E-state index contributed by atoms with van der Waals surface area (Å²) in [5.41, 5.74) is 0. The van der Waals surface area contributed by atoms with Crippen molar-refractivity contribution in [2.45, 2.75) is 6.04 Å². The van der Waals surface area contributed by atoms with Gasteiger partial charge in [-0.25, -0.2) is 4.79 Å². The van der Waals surface area contributed by atoms with Gasteiger partial charge in [0.1, 0.15) is 12.3 Å². The smallest absolute Gasteiger partial charge is 0.405 e. The molecule has 0 aliphatic rings. The number of rotatable bonds is 3. The van der Waals surface area contributed by atoms with Crippen LogP contribution in [0.3, 0.4) is 0 Å². The molecule has 0 fully saturated rings. The van der Waals surface area contributed by atoms with Gasteiger partial charge in [-0.15, -0.1) is 0 Å². The highest BCUT2D eigenvalue weighted by Gasteiger charge is 2.06. The second kappa shape index (κ2) is 3.85. The van der Waals surface area contributed by atoms with Gasteiger partial charge in [0.2, 0.25) is 0 Å². The topological polar surface area (TPSA) is 86.6 Å². The fraction of sp³-hybridized carbons (Fsp3) is 0.500. The van der Waals surface area contributed by atoms with E-state index in [1.165, 1.54) is 0 Å². The second-order valence-corrected chi connectivity index (χ2v) is 1.37. The Kier molecular flexibility index (Phi) is 3.38. The highest BCUT2D eigenvalue weighted by atomic mass is 16.4. The lowest BCUT2D eigenvalue weighted by Crippen LogP contribution is -2.37. The van der Waals surface area contributed by atoms with Crippen LogP contribution in [-0.2, 0) is 4.79 Å². The van der Waals surface area contributed by atoms with Crippen molar-refractivity contribution in [2.24, 2.45) is 0 Å². The Hall–Kier alpha value is -1.10. The molecule has 0 aromatic heterocycles. The van der Waals surface area contributed by atoms with E-state index in [1.807, 2.05) is 0 Å². The van der Waals surface area contributed by atoms with Crippen LogP contribution in [0.2, 0.25) is 0 Å². The Morgan fingerprint density at radius 2 is 2.33 bits per heavy atom. The molecule has 0 radical (unpaired) electrons. The van der Waals surface area contributed by atoms with Crippen LogP contribution in [0.4, 0.5) is 4.79 Å². The van der Waals surface area contributed by atoms with Gasteiger partial charge in [0.05, 0.1) is 6.61 Å². The third-order valence-corrected chi connectivity index (χ3v) is 0.670. The van der Waals surface area contributed by atoms with E-state index in [2.05, 4.69) is 0 Å². The maximum absolute atomic E-state index is 9.79. The minimum atomic E-state index is -1.32. The first-order valence-corrected chi connectivity index (χ1v) is 2.26. The van der Waals surface area contributed by atoms with Crippen LogP contribution in [0.5, 0.6) is 0 Å². The van der Waals surface area contributed by atoms with Gasteiger partial charge in [0, 0.05) is 0 Å². The zero-order valence-electron chi connectivity index (χ0n) is 4.57. The Labute approximate surface area is 51.3 Å². The molecule has 5 heteroatoms. The predicted octanol–water partition coefficient (Wildman–Crippen LogP) is -1.19. The maximum Gasteiger partial charge on any atom is 0.405 e. The largest absolute Gasteiger partial charge is 0.465 e. The molecule has 0 heterocycles. The van der Waals surface area contributed by atoms with Crippen molar-refractivity contribution in [2.75, 3.05) is 6.61 Å². The Bertz CT molecular complexity index is 113. The molecule has 1 unspecified atom stereocenters. The van der Waals surface area contributed by atoms with Gasteiger partial charge in [0.25, 0.3) is 0 Å². The monoisotopic (exact) mass is 133 g/mol. The van der Waals surface area contributed by atoms with E-state index in [9.17, 15) is 9.59 Å². The van der Waals surface area contributed by atoms with Crippen LogP contribution in [0, 0.1) is 0 Å². The molecular weight excluding hydrogens is 126 g/mol. The number of aldehydes is 1. The van der Waals surface area contributed by atoms with Gasteiger partial charge < -0.3 is 20.3 Å². The van der Waals surface area contributed by atoms with Crippen LogP contribution < -0.4 is 5.32 Å². The molecular formula is C4H7NO4. The summed E-state index contributed by atoms with van der Waals surface area (Å²) in [5.74, 6) is 0. The molecule has 1 amide bonds. The highest BCUT2D eigenvalue weighted by Crippen LogP contribution is 1.73.